The predicted molar refractivity (Wildman–Crippen MR) is 116 cm³/mol. The zero-order chi connectivity index (χ0) is 17.2. The monoisotopic (exact) mass is 474 g/mol. The molecule has 0 aliphatic rings. The van der Waals surface area contributed by atoms with Gasteiger partial charge in [-0.2, -0.15) is 0 Å². The van der Waals surface area contributed by atoms with Crippen molar-refractivity contribution in [1.82, 2.24) is 15.6 Å². The Balaban J connectivity index is 0.00000312. The number of guanidine groups is 1. The summed E-state index contributed by atoms with van der Waals surface area (Å²) < 4.78 is 5.54. The first-order valence-corrected chi connectivity index (χ1v) is 9.12. The molecule has 1 aromatic carbocycles. The Hall–Kier alpha value is -1.19. The Kier molecular flexibility index (Phi) is 10.7. The number of halogens is 1. The number of ether oxygens (including phenoxy) is 1. The van der Waals surface area contributed by atoms with Gasteiger partial charge in [-0.1, -0.05) is 24.3 Å². The average molecular weight is 474 g/mol. The maximum Gasteiger partial charge on any atom is 0.191 e. The summed E-state index contributed by atoms with van der Waals surface area (Å²) in [4.78, 5) is 10.3. The summed E-state index contributed by atoms with van der Waals surface area (Å²) >= 11 is 1.70. The maximum atomic E-state index is 5.54. The minimum Gasteiger partial charge on any atom is -0.377 e. The molecule has 0 fully saturated rings. The van der Waals surface area contributed by atoms with Crippen LogP contribution < -0.4 is 10.6 Å². The van der Waals surface area contributed by atoms with Gasteiger partial charge in [0.1, 0.15) is 5.01 Å². The smallest absolute Gasteiger partial charge is 0.191 e. The molecule has 1 aromatic heterocycles. The Morgan fingerprint density at radius 2 is 1.96 bits per heavy atom. The van der Waals surface area contributed by atoms with E-state index in [1.807, 2.05) is 25.3 Å². The third kappa shape index (κ3) is 7.70. The second kappa shape index (κ2) is 12.2. The van der Waals surface area contributed by atoms with Crippen molar-refractivity contribution in [3.8, 4) is 0 Å². The van der Waals surface area contributed by atoms with Crippen LogP contribution in [0.1, 0.15) is 34.9 Å². The first kappa shape index (κ1) is 21.9. The molecular weight excluding hydrogens is 447 g/mol. The van der Waals surface area contributed by atoms with E-state index in [9.17, 15) is 0 Å². The van der Waals surface area contributed by atoms with E-state index in [1.54, 1.807) is 11.3 Å². The summed E-state index contributed by atoms with van der Waals surface area (Å²) in [6, 6.07) is 8.28. The normalized spacial score (nSPS) is 11.1. The van der Waals surface area contributed by atoms with Crippen LogP contribution in [0.2, 0.25) is 0 Å². The van der Waals surface area contributed by atoms with Crippen LogP contribution in [0.5, 0.6) is 0 Å². The van der Waals surface area contributed by atoms with E-state index >= 15 is 0 Å². The third-order valence-corrected chi connectivity index (χ3v) is 4.32. The van der Waals surface area contributed by atoms with Crippen molar-refractivity contribution in [3.63, 3.8) is 0 Å². The second-order valence-electron chi connectivity index (χ2n) is 5.32. The summed E-state index contributed by atoms with van der Waals surface area (Å²) in [5.74, 6) is 0.802. The van der Waals surface area contributed by atoms with Crippen LogP contribution in [-0.2, 0) is 24.4 Å². The molecule has 0 radical (unpaired) electrons. The van der Waals surface area contributed by atoms with Gasteiger partial charge in [0, 0.05) is 24.2 Å². The molecule has 0 amide bonds. The number of aryl methyl sites for hydroxylation is 1. The molecule has 0 saturated carbocycles. The van der Waals surface area contributed by atoms with Crippen molar-refractivity contribution in [2.75, 3.05) is 13.2 Å². The number of benzene rings is 1. The zero-order valence-electron chi connectivity index (χ0n) is 15.0. The second-order valence-corrected chi connectivity index (χ2v) is 6.64. The third-order valence-electron chi connectivity index (χ3n) is 3.41. The number of thiazole rings is 1. The standard InChI is InChI=1S/C18H26N4OS.HI/c1-4-19-18(22-12-17-20-10-14(3)24-17)21-11-15-8-6-7-9-16(15)13-23-5-2;/h6-10H,4-5,11-13H2,1-3H3,(H2,19,21,22);1H. The minimum atomic E-state index is 0. The summed E-state index contributed by atoms with van der Waals surface area (Å²) in [6.45, 7) is 9.61. The van der Waals surface area contributed by atoms with Gasteiger partial charge in [0.15, 0.2) is 5.96 Å². The molecule has 2 rings (SSSR count). The Morgan fingerprint density at radius 1 is 1.20 bits per heavy atom. The van der Waals surface area contributed by atoms with Crippen molar-refractivity contribution in [1.29, 1.82) is 0 Å². The van der Waals surface area contributed by atoms with Crippen molar-refractivity contribution < 1.29 is 4.74 Å². The van der Waals surface area contributed by atoms with Crippen LogP contribution >= 0.6 is 35.3 Å². The molecule has 0 atom stereocenters. The zero-order valence-corrected chi connectivity index (χ0v) is 18.2. The van der Waals surface area contributed by atoms with Crippen LogP contribution in [-0.4, -0.2) is 24.1 Å². The van der Waals surface area contributed by atoms with Crippen molar-refractivity contribution in [3.05, 3.63) is 51.5 Å². The molecule has 7 heteroatoms. The average Bonchev–Trinajstić information content (AvgIpc) is 3.01. The molecule has 0 saturated heterocycles. The van der Waals surface area contributed by atoms with Gasteiger partial charge in [-0.25, -0.2) is 9.98 Å². The number of aliphatic imine (C=N–C) groups is 1. The minimum absolute atomic E-state index is 0. The van der Waals surface area contributed by atoms with Crippen LogP contribution in [0.4, 0.5) is 0 Å². The molecule has 0 bridgehead atoms. The van der Waals surface area contributed by atoms with Crippen molar-refractivity contribution in [2.45, 2.75) is 40.5 Å². The highest BCUT2D eigenvalue weighted by atomic mass is 127. The van der Waals surface area contributed by atoms with Gasteiger partial charge in [0.2, 0.25) is 0 Å². The van der Waals surface area contributed by atoms with E-state index in [-0.39, 0.29) is 24.0 Å². The van der Waals surface area contributed by atoms with Crippen LogP contribution in [0.3, 0.4) is 0 Å². The molecule has 5 nitrogen and oxygen atoms in total. The molecule has 2 N–H and O–H groups in total. The fourth-order valence-corrected chi connectivity index (χ4v) is 2.94. The van der Waals surface area contributed by atoms with E-state index in [0.717, 1.165) is 24.1 Å². The van der Waals surface area contributed by atoms with E-state index in [1.165, 1.54) is 16.0 Å². The lowest BCUT2D eigenvalue weighted by Gasteiger charge is -2.11. The van der Waals surface area contributed by atoms with Crippen molar-refractivity contribution >= 4 is 41.3 Å². The number of nitrogens with zero attached hydrogens (tertiary/aromatic N) is 2. The lowest BCUT2D eigenvalue weighted by atomic mass is 10.1. The van der Waals surface area contributed by atoms with E-state index in [4.69, 9.17) is 9.73 Å². The van der Waals surface area contributed by atoms with E-state index in [2.05, 4.69) is 41.6 Å². The lowest BCUT2D eigenvalue weighted by molar-refractivity contribution is 0.133. The fourth-order valence-electron chi connectivity index (χ4n) is 2.21. The number of aromatic nitrogens is 1. The van der Waals surface area contributed by atoms with Crippen molar-refractivity contribution in [2.24, 2.45) is 4.99 Å². The van der Waals surface area contributed by atoms with Gasteiger partial charge in [0.05, 0.1) is 19.7 Å². The largest absolute Gasteiger partial charge is 0.377 e. The van der Waals surface area contributed by atoms with Crippen LogP contribution in [0, 0.1) is 6.92 Å². The topological polar surface area (TPSA) is 58.5 Å². The Bertz CT molecular complexity index is 660. The Labute approximate surface area is 171 Å². The van der Waals surface area contributed by atoms with Gasteiger partial charge in [-0.3, -0.25) is 0 Å². The molecule has 1 heterocycles. The molecule has 0 unspecified atom stereocenters. The predicted octanol–water partition coefficient (Wildman–Crippen LogP) is 3.86. The Morgan fingerprint density at radius 3 is 2.60 bits per heavy atom. The summed E-state index contributed by atoms with van der Waals surface area (Å²) in [6.07, 6.45) is 1.90. The first-order valence-electron chi connectivity index (χ1n) is 8.31. The molecule has 0 aliphatic heterocycles. The first-order chi connectivity index (χ1) is 11.7. The van der Waals surface area contributed by atoms with Crippen LogP contribution in [0.25, 0.3) is 0 Å². The highest BCUT2D eigenvalue weighted by molar-refractivity contribution is 14.0. The van der Waals surface area contributed by atoms with E-state index < -0.39 is 0 Å². The summed E-state index contributed by atoms with van der Waals surface area (Å²) in [5, 5.41) is 7.68. The van der Waals surface area contributed by atoms with E-state index in [0.29, 0.717) is 19.7 Å². The lowest BCUT2D eigenvalue weighted by Crippen LogP contribution is -2.36. The molecule has 0 aliphatic carbocycles. The van der Waals surface area contributed by atoms with Gasteiger partial charge in [-0.05, 0) is 31.9 Å². The van der Waals surface area contributed by atoms with Gasteiger partial charge >= 0.3 is 0 Å². The number of nitrogens with one attached hydrogen (secondary N) is 2. The van der Waals surface area contributed by atoms with Gasteiger partial charge in [-0.15, -0.1) is 35.3 Å². The fraction of sp³-hybridized carbons (Fsp3) is 0.444. The van der Waals surface area contributed by atoms with Crippen LogP contribution in [0.15, 0.2) is 35.5 Å². The number of hydrogen-bond donors (Lipinski definition) is 2. The molecule has 2 aromatic rings. The number of rotatable bonds is 8. The summed E-state index contributed by atoms with van der Waals surface area (Å²) in [5.41, 5.74) is 2.38. The highest BCUT2D eigenvalue weighted by Crippen LogP contribution is 2.12. The number of hydrogen-bond acceptors (Lipinski definition) is 4. The molecule has 0 spiro atoms. The molecule has 25 heavy (non-hydrogen) atoms. The maximum absolute atomic E-state index is 5.54. The SMILES string of the molecule is CCNC(=NCc1ccccc1COCC)NCc1ncc(C)s1.I. The molecular formula is C18H27IN4OS. The molecule has 138 valence electrons. The van der Waals surface area contributed by atoms with Gasteiger partial charge in [0.25, 0.3) is 0 Å². The quantitative estimate of drug-likeness (QED) is 0.347. The van der Waals surface area contributed by atoms with Gasteiger partial charge < -0.3 is 15.4 Å². The highest BCUT2D eigenvalue weighted by Gasteiger charge is 2.04. The summed E-state index contributed by atoms with van der Waals surface area (Å²) in [7, 11) is 0.